The van der Waals surface area contributed by atoms with E-state index in [1.165, 1.54) is 51.4 Å². The minimum absolute atomic E-state index is 0. The van der Waals surface area contributed by atoms with Crippen LogP contribution in [0.25, 0.3) is 0 Å². The number of carbonyl (C=O) groups is 2. The van der Waals surface area contributed by atoms with Gasteiger partial charge in [-0.15, -0.1) is 0 Å². The second kappa shape index (κ2) is 27.5. The number of allylic oxidation sites excluding steroid dienone is 4. The molecule has 1 rings (SSSR count). The first-order valence-corrected chi connectivity index (χ1v) is 17.4. The molecular weight excluding hydrogens is 592 g/mol. The standard InChI is InChI=1S/C34H54O7S.K/c1-3-5-7-9-11-13-15-17-19-21-23-27-40-33(35)31-26-25-30(42(37,38)39)29-32(31)34(36)41-28-24-22-20-18-16-14-12-10-8-6-4-2;/h3-6,25-26,29H,7-24,27-28H2,1-2H3,(H,37,38,39);/q;+1/p-1/b5-3+,6-4+;. The summed E-state index contributed by atoms with van der Waals surface area (Å²) in [6.45, 7) is 4.44. The Bertz CT molecular complexity index is 1050. The molecule has 0 saturated heterocycles. The first-order valence-electron chi connectivity index (χ1n) is 16.0. The summed E-state index contributed by atoms with van der Waals surface area (Å²) in [5.41, 5.74) is -0.357. The van der Waals surface area contributed by atoms with Gasteiger partial charge in [0.25, 0.3) is 0 Å². The molecule has 1 aromatic carbocycles. The summed E-state index contributed by atoms with van der Waals surface area (Å²) < 4.78 is 45.3. The molecule has 0 radical (unpaired) electrons. The molecule has 0 amide bonds. The fourth-order valence-electron chi connectivity index (χ4n) is 4.69. The van der Waals surface area contributed by atoms with Gasteiger partial charge in [0.15, 0.2) is 0 Å². The number of ether oxygens (including phenoxy) is 2. The largest absolute Gasteiger partial charge is 1.00 e. The Kier molecular flexibility index (Phi) is 27.0. The van der Waals surface area contributed by atoms with Crippen molar-refractivity contribution in [1.29, 1.82) is 0 Å². The van der Waals surface area contributed by atoms with E-state index in [2.05, 4.69) is 24.3 Å². The summed E-state index contributed by atoms with van der Waals surface area (Å²) >= 11 is 0. The first-order chi connectivity index (χ1) is 20.3. The Morgan fingerprint density at radius 1 is 0.628 bits per heavy atom. The Labute approximate surface area is 303 Å². The normalized spacial score (nSPS) is 11.6. The van der Waals surface area contributed by atoms with Gasteiger partial charge in [0, 0.05) is 0 Å². The van der Waals surface area contributed by atoms with Crippen LogP contribution in [0.2, 0.25) is 0 Å². The van der Waals surface area contributed by atoms with Crippen molar-refractivity contribution >= 4 is 22.1 Å². The zero-order valence-corrected chi connectivity index (χ0v) is 30.9. The molecule has 0 aliphatic rings. The number of esters is 2. The Balaban J connectivity index is 0.0000176. The van der Waals surface area contributed by atoms with Gasteiger partial charge in [-0.25, -0.2) is 18.0 Å². The van der Waals surface area contributed by atoms with Crippen LogP contribution in [0.1, 0.15) is 150 Å². The van der Waals surface area contributed by atoms with Gasteiger partial charge >= 0.3 is 63.3 Å². The Morgan fingerprint density at radius 3 is 1.40 bits per heavy atom. The first kappa shape index (κ1) is 42.2. The van der Waals surface area contributed by atoms with E-state index in [9.17, 15) is 22.6 Å². The summed E-state index contributed by atoms with van der Waals surface area (Å²) in [6.07, 6.45) is 28.3. The molecule has 1 aromatic rings. The number of rotatable bonds is 25. The molecule has 0 atom stereocenters. The van der Waals surface area contributed by atoms with Crippen LogP contribution in [0.4, 0.5) is 0 Å². The molecule has 0 saturated carbocycles. The predicted octanol–water partition coefficient (Wildman–Crippen LogP) is 6.08. The van der Waals surface area contributed by atoms with Gasteiger partial charge in [-0.2, -0.15) is 0 Å². The molecule has 0 aliphatic carbocycles. The molecule has 0 N–H and O–H groups in total. The number of benzene rings is 1. The number of carbonyl (C=O) groups excluding carboxylic acids is 2. The van der Waals surface area contributed by atoms with Gasteiger partial charge in [-0.1, -0.05) is 101 Å². The second-order valence-electron chi connectivity index (χ2n) is 10.8. The minimum Gasteiger partial charge on any atom is -0.744 e. The fourth-order valence-corrected chi connectivity index (χ4v) is 5.19. The Hall–Kier alpha value is -0.814. The summed E-state index contributed by atoms with van der Waals surface area (Å²) in [5.74, 6) is -1.57. The maximum Gasteiger partial charge on any atom is 1.00 e. The molecular formula is C34H53KO7S. The average molecular weight is 645 g/mol. The molecule has 0 unspecified atom stereocenters. The topological polar surface area (TPSA) is 110 Å². The van der Waals surface area contributed by atoms with Crippen LogP contribution in [0.15, 0.2) is 47.4 Å². The number of hydrogen-bond donors (Lipinski definition) is 0. The van der Waals surface area contributed by atoms with Crippen molar-refractivity contribution in [3.05, 3.63) is 53.6 Å². The van der Waals surface area contributed by atoms with Gasteiger partial charge in [0.05, 0.1) is 29.2 Å². The summed E-state index contributed by atoms with van der Waals surface area (Å²) in [6, 6.07) is 3.09. The van der Waals surface area contributed by atoms with Gasteiger partial charge in [-0.05, 0) is 70.6 Å². The molecule has 0 heterocycles. The third-order valence-corrected chi connectivity index (χ3v) is 8.02. The van der Waals surface area contributed by atoms with E-state index in [4.69, 9.17) is 9.47 Å². The monoisotopic (exact) mass is 644 g/mol. The van der Waals surface area contributed by atoms with Crippen LogP contribution in [0.3, 0.4) is 0 Å². The third-order valence-electron chi connectivity index (χ3n) is 7.19. The van der Waals surface area contributed by atoms with Crippen LogP contribution in [0, 0.1) is 0 Å². The van der Waals surface area contributed by atoms with Crippen molar-refractivity contribution in [1.82, 2.24) is 0 Å². The zero-order valence-electron chi connectivity index (χ0n) is 26.9. The smallest absolute Gasteiger partial charge is 0.744 e. The van der Waals surface area contributed by atoms with Gasteiger partial charge < -0.3 is 14.0 Å². The molecule has 0 aliphatic heterocycles. The fraction of sp³-hybridized carbons (Fsp3) is 0.647. The Morgan fingerprint density at radius 2 is 1.00 bits per heavy atom. The van der Waals surface area contributed by atoms with Crippen molar-refractivity contribution in [2.75, 3.05) is 13.2 Å². The minimum atomic E-state index is -4.80. The quantitative estimate of drug-likeness (QED) is 0.0417. The van der Waals surface area contributed by atoms with Crippen molar-refractivity contribution in [3.63, 3.8) is 0 Å². The summed E-state index contributed by atoms with van der Waals surface area (Å²) in [4.78, 5) is 24.9. The van der Waals surface area contributed by atoms with E-state index in [1.807, 2.05) is 13.8 Å². The number of hydrogen-bond acceptors (Lipinski definition) is 7. The van der Waals surface area contributed by atoms with Crippen molar-refractivity contribution < 1.29 is 83.4 Å². The van der Waals surface area contributed by atoms with Gasteiger partial charge in [0.1, 0.15) is 10.1 Å². The molecule has 238 valence electrons. The van der Waals surface area contributed by atoms with Gasteiger partial charge in [-0.3, -0.25) is 0 Å². The summed E-state index contributed by atoms with van der Waals surface area (Å²) in [5, 5.41) is 0. The molecule has 0 aromatic heterocycles. The van der Waals surface area contributed by atoms with E-state index < -0.39 is 27.0 Å². The van der Waals surface area contributed by atoms with Gasteiger partial charge in [0.2, 0.25) is 0 Å². The predicted molar refractivity (Wildman–Crippen MR) is 168 cm³/mol. The van der Waals surface area contributed by atoms with E-state index in [0.29, 0.717) is 12.8 Å². The second-order valence-corrected chi connectivity index (χ2v) is 12.2. The van der Waals surface area contributed by atoms with Crippen LogP contribution in [0.5, 0.6) is 0 Å². The SMILES string of the molecule is C/C=C/CCCCCCCCCCOC(=O)c1ccc(S(=O)(=O)[O-])cc1C(=O)OCCCCCCCCCC/C=C/C.[K+]. The maximum absolute atomic E-state index is 12.8. The van der Waals surface area contributed by atoms with Crippen LogP contribution >= 0.6 is 0 Å². The average Bonchev–Trinajstić information content (AvgIpc) is 2.97. The zero-order chi connectivity index (χ0) is 30.9. The molecule has 43 heavy (non-hydrogen) atoms. The molecule has 0 fully saturated rings. The van der Waals surface area contributed by atoms with E-state index in [1.54, 1.807) is 0 Å². The molecule has 0 spiro atoms. The van der Waals surface area contributed by atoms with E-state index in [0.717, 1.165) is 69.6 Å². The maximum atomic E-state index is 12.8. The van der Waals surface area contributed by atoms with E-state index in [-0.39, 0.29) is 75.7 Å². The molecule has 7 nitrogen and oxygen atoms in total. The van der Waals surface area contributed by atoms with Crippen molar-refractivity contribution in [2.24, 2.45) is 0 Å². The van der Waals surface area contributed by atoms with E-state index >= 15 is 0 Å². The molecule has 0 bridgehead atoms. The third kappa shape index (κ3) is 21.5. The summed E-state index contributed by atoms with van der Waals surface area (Å²) in [7, 11) is -4.80. The van der Waals surface area contributed by atoms with Crippen molar-refractivity contribution in [2.45, 2.75) is 134 Å². The van der Waals surface area contributed by atoms with Crippen LogP contribution < -0.4 is 51.4 Å². The van der Waals surface area contributed by atoms with Crippen LogP contribution in [-0.4, -0.2) is 38.1 Å². The molecule has 9 heteroatoms. The van der Waals surface area contributed by atoms with Crippen molar-refractivity contribution in [3.8, 4) is 0 Å². The number of unbranched alkanes of at least 4 members (excludes halogenated alkanes) is 16. The van der Waals surface area contributed by atoms with Crippen LogP contribution in [-0.2, 0) is 19.6 Å².